The molecular weight excluding hydrogens is 592 g/mol. The van der Waals surface area contributed by atoms with Crippen LogP contribution in [0.4, 0.5) is 0 Å². The lowest BCUT2D eigenvalue weighted by Crippen LogP contribution is -2.57. The zero-order valence-electron chi connectivity index (χ0n) is 25.6. The number of nitrogens with two attached hydrogens (primary N) is 1. The maximum absolute atomic E-state index is 13.2. The summed E-state index contributed by atoms with van der Waals surface area (Å²) in [5.74, 6) is -1.70. The third kappa shape index (κ3) is 10.2. The maximum Gasteiger partial charge on any atom is 0.252 e. The second-order valence-electron chi connectivity index (χ2n) is 11.4. The predicted octanol–water partition coefficient (Wildman–Crippen LogP) is 0.259. The Bertz CT molecular complexity index is 1300. The van der Waals surface area contributed by atoms with Gasteiger partial charge in [-0.2, -0.15) is 0 Å². The van der Waals surface area contributed by atoms with E-state index >= 15 is 0 Å². The van der Waals surface area contributed by atoms with Crippen molar-refractivity contribution in [2.24, 2.45) is 11.7 Å². The first kappa shape index (κ1) is 34.7. The molecule has 2 aromatic rings. The molecule has 0 saturated carbocycles. The van der Waals surface area contributed by atoms with Crippen LogP contribution in [0, 0.1) is 5.92 Å². The fourth-order valence-corrected chi connectivity index (χ4v) is 4.87. The summed E-state index contributed by atoms with van der Waals surface area (Å²) in [6, 6.07) is 1.44. The average molecular weight is 635 g/mol. The second kappa shape index (κ2) is 16.4. The van der Waals surface area contributed by atoms with Gasteiger partial charge in [0.25, 0.3) is 5.91 Å². The number of nitrogens with zero attached hydrogens (tertiary/aromatic N) is 4. The van der Waals surface area contributed by atoms with Gasteiger partial charge in [-0.3, -0.25) is 23.9 Å². The van der Waals surface area contributed by atoms with E-state index in [0.29, 0.717) is 50.4 Å². The normalized spacial score (nSPS) is 21.0. The van der Waals surface area contributed by atoms with Crippen molar-refractivity contribution in [3.8, 4) is 5.75 Å². The Labute approximate surface area is 262 Å². The molecule has 1 aromatic heterocycles. The van der Waals surface area contributed by atoms with Gasteiger partial charge in [0.2, 0.25) is 17.7 Å². The quantitative estimate of drug-likeness (QED) is 0.293. The summed E-state index contributed by atoms with van der Waals surface area (Å²) < 4.78 is 7.47. The van der Waals surface area contributed by atoms with Crippen molar-refractivity contribution < 1.29 is 29.0 Å². The molecule has 0 spiro atoms. The Hall–Kier alpha value is -3.75. The number of carbonyl (C=O) groups excluding carboxylic acids is 4. The number of halogens is 1. The van der Waals surface area contributed by atoms with Crippen LogP contribution in [0.3, 0.4) is 0 Å². The molecule has 0 aliphatic carbocycles. The molecule has 44 heavy (non-hydrogen) atoms. The van der Waals surface area contributed by atoms with Gasteiger partial charge in [-0.05, 0) is 44.4 Å². The van der Waals surface area contributed by atoms with Crippen LogP contribution in [0.25, 0.3) is 0 Å². The van der Waals surface area contributed by atoms with E-state index in [4.69, 9.17) is 22.1 Å². The van der Waals surface area contributed by atoms with Crippen molar-refractivity contribution >= 4 is 35.2 Å². The lowest BCUT2D eigenvalue weighted by molar-refractivity contribution is -0.133. The number of hydrogen-bond acceptors (Lipinski definition) is 9. The first-order valence-electron chi connectivity index (χ1n) is 14.8. The van der Waals surface area contributed by atoms with Gasteiger partial charge in [-0.25, -0.2) is 0 Å². The van der Waals surface area contributed by atoms with Crippen molar-refractivity contribution in [3.05, 3.63) is 40.7 Å². The molecule has 0 radical (unpaired) electrons. The summed E-state index contributed by atoms with van der Waals surface area (Å²) in [7, 11) is 0. The van der Waals surface area contributed by atoms with E-state index < -0.39 is 42.0 Å². The number of aromatic nitrogens is 3. The summed E-state index contributed by atoms with van der Waals surface area (Å²) in [4.78, 5) is 53.8. The van der Waals surface area contributed by atoms with Crippen LogP contribution >= 0.6 is 11.6 Å². The molecule has 0 fully saturated rings. The molecule has 0 unspecified atom stereocenters. The van der Waals surface area contributed by atoms with Gasteiger partial charge >= 0.3 is 0 Å². The van der Waals surface area contributed by atoms with Crippen LogP contribution in [-0.2, 0) is 27.3 Å². The summed E-state index contributed by atoms with van der Waals surface area (Å²) in [6.45, 7) is 8.22. The minimum atomic E-state index is -1.35. The average Bonchev–Trinajstić information content (AvgIpc) is 3.42. The minimum Gasteiger partial charge on any atom is -0.492 e. The second-order valence-corrected chi connectivity index (χ2v) is 11.8. The van der Waals surface area contributed by atoms with E-state index in [1.165, 1.54) is 19.1 Å². The van der Waals surface area contributed by atoms with Crippen LogP contribution in [0.15, 0.2) is 24.4 Å². The van der Waals surface area contributed by atoms with Crippen molar-refractivity contribution in [2.45, 2.75) is 77.7 Å². The molecule has 4 amide bonds. The molecule has 0 saturated heterocycles. The third-order valence-corrected chi connectivity index (χ3v) is 7.28. The summed E-state index contributed by atoms with van der Waals surface area (Å²) in [6.07, 6.45) is 1.86. The Kier molecular flexibility index (Phi) is 12.9. The van der Waals surface area contributed by atoms with Crippen molar-refractivity contribution in [1.29, 1.82) is 0 Å². The van der Waals surface area contributed by atoms with E-state index in [9.17, 15) is 24.3 Å². The third-order valence-electron chi connectivity index (χ3n) is 6.98. The lowest BCUT2D eigenvalue weighted by Gasteiger charge is -2.27. The largest absolute Gasteiger partial charge is 0.492 e. The fourth-order valence-electron chi connectivity index (χ4n) is 4.63. The first-order chi connectivity index (χ1) is 20.8. The standard InChI is InChI=1S/C29H43ClN8O6/c1-17(2)14-23-27(41)32-9-12-37(29(43)18(3)31)11-8-21-16-38(36-35-21)10-5-13-44-24-7-6-20(15-22(24)30)26(40)34-25(19(4)39)28(42)33-23/h6-7,15-19,23,25,39H,5,8-14,31H2,1-4H3,(H,32,41)(H,33,42)(H,34,40)/t18-,19+,23+,25-/m0/s1. The van der Waals surface area contributed by atoms with E-state index in [1.807, 2.05) is 13.8 Å². The van der Waals surface area contributed by atoms with E-state index in [2.05, 4.69) is 26.3 Å². The van der Waals surface area contributed by atoms with E-state index in [1.54, 1.807) is 28.8 Å². The number of aryl methyl sites for hydroxylation is 1. The zero-order chi connectivity index (χ0) is 32.4. The summed E-state index contributed by atoms with van der Waals surface area (Å²) in [5.41, 5.74) is 6.72. The molecule has 4 atom stereocenters. The molecule has 4 rings (SSSR count). The van der Waals surface area contributed by atoms with Crippen LogP contribution in [0.1, 0.15) is 56.6 Å². The number of ether oxygens (including phenoxy) is 1. The Morgan fingerprint density at radius 1 is 1.14 bits per heavy atom. The van der Waals surface area contributed by atoms with Crippen LogP contribution in [-0.4, -0.2) is 99.1 Å². The van der Waals surface area contributed by atoms with Crippen LogP contribution in [0.2, 0.25) is 5.02 Å². The highest BCUT2D eigenvalue weighted by Gasteiger charge is 2.31. The van der Waals surface area contributed by atoms with E-state index in [0.717, 1.165) is 0 Å². The number of aliphatic hydroxyl groups is 1. The van der Waals surface area contributed by atoms with Crippen molar-refractivity contribution in [1.82, 2.24) is 35.8 Å². The highest BCUT2D eigenvalue weighted by molar-refractivity contribution is 6.32. The van der Waals surface area contributed by atoms with Gasteiger partial charge in [0.15, 0.2) is 0 Å². The molecule has 4 bridgehead atoms. The van der Waals surface area contributed by atoms with Gasteiger partial charge in [0.1, 0.15) is 17.8 Å². The summed E-state index contributed by atoms with van der Waals surface area (Å²) in [5, 5.41) is 26.9. The maximum atomic E-state index is 13.2. The van der Waals surface area contributed by atoms with Gasteiger partial charge in [0, 0.05) is 50.8 Å². The molecule has 6 N–H and O–H groups in total. The number of aliphatic hydroxyl groups excluding tert-OH is 1. The number of nitrogens with one attached hydrogen (secondary N) is 3. The van der Waals surface area contributed by atoms with E-state index in [-0.39, 0.29) is 35.5 Å². The number of rotatable bonds is 4. The Morgan fingerprint density at radius 3 is 2.55 bits per heavy atom. The molecule has 1 aromatic carbocycles. The minimum absolute atomic E-state index is 0.0324. The number of fused-ring (bicyclic) bond motifs is 17. The van der Waals surface area contributed by atoms with Crippen molar-refractivity contribution in [2.75, 3.05) is 26.2 Å². The highest BCUT2D eigenvalue weighted by Crippen LogP contribution is 2.26. The van der Waals surface area contributed by atoms with Crippen LogP contribution in [0.5, 0.6) is 5.75 Å². The molecule has 3 heterocycles. The monoisotopic (exact) mass is 634 g/mol. The molecule has 242 valence electrons. The number of benzene rings is 1. The number of hydrogen-bond donors (Lipinski definition) is 5. The first-order valence-corrected chi connectivity index (χ1v) is 15.2. The molecular formula is C29H43ClN8O6. The SMILES string of the molecule is CC(C)C[C@H]1NC(=O)[C@H]([C@@H](C)O)NC(=O)c2ccc(c(Cl)c2)OCCCn2cc(nn2)CCN(C(=O)[C@H](C)N)CCNC1=O. The molecule has 2 aliphatic rings. The Morgan fingerprint density at radius 2 is 1.89 bits per heavy atom. The van der Waals surface area contributed by atoms with Crippen LogP contribution < -0.4 is 26.4 Å². The van der Waals surface area contributed by atoms with Gasteiger partial charge in [-0.1, -0.05) is 30.7 Å². The smallest absolute Gasteiger partial charge is 0.252 e. The Balaban J connectivity index is 1.86. The van der Waals surface area contributed by atoms with Gasteiger partial charge in [0.05, 0.1) is 29.5 Å². The predicted molar refractivity (Wildman–Crippen MR) is 163 cm³/mol. The van der Waals surface area contributed by atoms with Gasteiger partial charge < -0.3 is 36.4 Å². The van der Waals surface area contributed by atoms with Crippen molar-refractivity contribution in [3.63, 3.8) is 0 Å². The zero-order valence-corrected chi connectivity index (χ0v) is 26.3. The highest BCUT2D eigenvalue weighted by atomic mass is 35.5. The van der Waals surface area contributed by atoms with Gasteiger partial charge in [-0.15, -0.1) is 5.10 Å². The number of amides is 4. The topological polar surface area (TPSA) is 194 Å². The summed E-state index contributed by atoms with van der Waals surface area (Å²) >= 11 is 6.37. The fraction of sp³-hybridized carbons (Fsp3) is 0.586. The molecule has 2 aliphatic heterocycles. The lowest BCUT2D eigenvalue weighted by atomic mass is 10.0. The molecule has 15 heteroatoms. The number of carbonyl (C=O) groups is 4. The molecule has 14 nitrogen and oxygen atoms in total.